The molecule has 2 aromatic rings. The summed E-state index contributed by atoms with van der Waals surface area (Å²) in [5.41, 5.74) is 1.66. The smallest absolute Gasteiger partial charge is 0.335 e. The molecule has 1 aliphatic rings. The van der Waals surface area contributed by atoms with E-state index in [0.29, 0.717) is 5.75 Å². The number of carboxylic acid groups (broad SMARTS) is 1. The molecule has 1 amide bonds. The van der Waals surface area contributed by atoms with Crippen molar-refractivity contribution >= 4 is 35.0 Å². The predicted octanol–water partition coefficient (Wildman–Crippen LogP) is 2.56. The number of hydrogen-bond acceptors (Lipinski definition) is 6. The van der Waals surface area contributed by atoms with Gasteiger partial charge in [-0.15, -0.1) is 11.8 Å². The maximum atomic E-state index is 12.2. The lowest BCUT2D eigenvalue weighted by atomic mass is 9.94. The quantitative estimate of drug-likeness (QED) is 0.744. The van der Waals surface area contributed by atoms with Crippen LogP contribution in [0.2, 0.25) is 0 Å². The first-order chi connectivity index (χ1) is 12.1. The molecule has 0 saturated carbocycles. The molecule has 1 fully saturated rings. The molecule has 8 heteroatoms. The molecule has 1 aromatic heterocycles. The number of carbonyl (C=O) groups excluding carboxylic acids is 1. The van der Waals surface area contributed by atoms with E-state index in [1.165, 1.54) is 23.1 Å². The van der Waals surface area contributed by atoms with Gasteiger partial charge in [-0.25, -0.2) is 4.79 Å². The summed E-state index contributed by atoms with van der Waals surface area (Å²) in [6.07, 6.45) is 0. The van der Waals surface area contributed by atoms with Gasteiger partial charge in [0.25, 0.3) is 0 Å². The number of thioether (sulfide) groups is 1. The van der Waals surface area contributed by atoms with E-state index >= 15 is 0 Å². The van der Waals surface area contributed by atoms with Gasteiger partial charge in [-0.1, -0.05) is 12.1 Å². The highest BCUT2D eigenvalue weighted by atomic mass is 32.2. The number of nitrogens with zero attached hydrogens (tertiary/aromatic N) is 1. The Morgan fingerprint density at radius 3 is 2.92 bits per heavy atom. The van der Waals surface area contributed by atoms with Gasteiger partial charge in [0.1, 0.15) is 11.4 Å². The number of nitriles is 1. The van der Waals surface area contributed by atoms with Crippen molar-refractivity contribution in [1.82, 2.24) is 10.6 Å². The van der Waals surface area contributed by atoms with Gasteiger partial charge in [0, 0.05) is 5.75 Å². The van der Waals surface area contributed by atoms with Crippen LogP contribution < -0.4 is 10.6 Å². The third-order valence-corrected chi connectivity index (χ3v) is 5.64. The fraction of sp³-hybridized carbons (Fsp3) is 0.235. The van der Waals surface area contributed by atoms with Crippen molar-refractivity contribution in [2.45, 2.75) is 17.3 Å². The first-order valence-corrected chi connectivity index (χ1v) is 9.49. The lowest BCUT2D eigenvalue weighted by Gasteiger charge is -2.34. The molecular weight excluding hydrogens is 358 g/mol. The van der Waals surface area contributed by atoms with E-state index in [0.717, 1.165) is 11.1 Å². The number of nitrogens with one attached hydrogen (secondary N) is 2. The molecule has 0 aliphatic carbocycles. The second-order valence-electron chi connectivity index (χ2n) is 5.51. The molecular formula is C17H15N3O3S2. The van der Waals surface area contributed by atoms with Crippen LogP contribution in [0, 0.1) is 17.2 Å². The third-order valence-electron chi connectivity index (χ3n) is 3.85. The topological polar surface area (TPSA) is 102 Å². The maximum absolute atomic E-state index is 12.2. The van der Waals surface area contributed by atoms with Gasteiger partial charge in [0.15, 0.2) is 0 Å². The molecule has 1 saturated heterocycles. The van der Waals surface area contributed by atoms with E-state index in [1.807, 2.05) is 22.9 Å². The van der Waals surface area contributed by atoms with Gasteiger partial charge in [-0.3, -0.25) is 10.1 Å². The van der Waals surface area contributed by atoms with E-state index in [2.05, 4.69) is 16.7 Å². The zero-order valence-electron chi connectivity index (χ0n) is 13.0. The average Bonchev–Trinajstić information content (AvgIpc) is 3.14. The second kappa shape index (κ2) is 7.70. The number of thiophene rings is 1. The Balaban J connectivity index is 1.69. The van der Waals surface area contributed by atoms with Crippen molar-refractivity contribution in [3.05, 3.63) is 57.8 Å². The van der Waals surface area contributed by atoms with Crippen LogP contribution in [-0.2, 0) is 10.5 Å². The SMILES string of the molecule is N#CC1C(=O)NC(SCc2cccc(C(=O)O)c2)NC1c1ccsc1. The summed E-state index contributed by atoms with van der Waals surface area (Å²) in [5, 5.41) is 28.3. The summed E-state index contributed by atoms with van der Waals surface area (Å²) in [6, 6.07) is 10.3. The Hall–Kier alpha value is -2.34. The largest absolute Gasteiger partial charge is 0.478 e. The molecule has 1 aromatic carbocycles. The zero-order valence-corrected chi connectivity index (χ0v) is 14.6. The van der Waals surface area contributed by atoms with Crippen LogP contribution in [0.3, 0.4) is 0 Å². The molecule has 0 bridgehead atoms. The zero-order chi connectivity index (χ0) is 17.8. The highest BCUT2D eigenvalue weighted by Crippen LogP contribution is 2.30. The first kappa shape index (κ1) is 17.5. The van der Waals surface area contributed by atoms with Gasteiger partial charge in [0.05, 0.1) is 17.7 Å². The van der Waals surface area contributed by atoms with Gasteiger partial charge >= 0.3 is 5.97 Å². The highest BCUT2D eigenvalue weighted by molar-refractivity contribution is 7.99. The molecule has 3 N–H and O–H groups in total. The first-order valence-electron chi connectivity index (χ1n) is 7.50. The van der Waals surface area contributed by atoms with Crippen LogP contribution in [0.4, 0.5) is 0 Å². The number of carboxylic acids is 1. The van der Waals surface area contributed by atoms with Crippen LogP contribution in [0.15, 0.2) is 41.1 Å². The van der Waals surface area contributed by atoms with Crippen molar-refractivity contribution in [2.24, 2.45) is 5.92 Å². The Kier molecular flexibility index (Phi) is 5.38. The summed E-state index contributed by atoms with van der Waals surface area (Å²) in [6.45, 7) is 0. The Labute approximate surface area is 152 Å². The number of amides is 1. The van der Waals surface area contributed by atoms with Crippen molar-refractivity contribution in [3.63, 3.8) is 0 Å². The fourth-order valence-electron chi connectivity index (χ4n) is 2.61. The number of benzene rings is 1. The molecule has 25 heavy (non-hydrogen) atoms. The molecule has 3 rings (SSSR count). The number of carbonyl (C=O) groups is 2. The summed E-state index contributed by atoms with van der Waals surface area (Å²) >= 11 is 2.97. The van der Waals surface area contributed by atoms with Crippen LogP contribution in [0.25, 0.3) is 0 Å². The van der Waals surface area contributed by atoms with Gasteiger partial charge in [-0.2, -0.15) is 16.6 Å². The monoisotopic (exact) mass is 373 g/mol. The molecule has 1 aliphatic heterocycles. The van der Waals surface area contributed by atoms with E-state index < -0.39 is 11.9 Å². The van der Waals surface area contributed by atoms with Crippen LogP contribution in [0.1, 0.15) is 27.5 Å². The minimum atomic E-state index is -0.967. The summed E-state index contributed by atoms with van der Waals surface area (Å²) in [4.78, 5) is 23.3. The fourth-order valence-corrected chi connectivity index (χ4v) is 4.29. The number of hydrogen-bond donors (Lipinski definition) is 3. The maximum Gasteiger partial charge on any atom is 0.335 e. The Morgan fingerprint density at radius 1 is 1.40 bits per heavy atom. The molecule has 3 unspecified atom stereocenters. The van der Waals surface area contributed by atoms with E-state index in [1.54, 1.807) is 18.2 Å². The van der Waals surface area contributed by atoms with Crippen LogP contribution in [-0.4, -0.2) is 22.5 Å². The van der Waals surface area contributed by atoms with Crippen LogP contribution >= 0.6 is 23.1 Å². The lowest BCUT2D eigenvalue weighted by molar-refractivity contribution is -0.126. The third kappa shape index (κ3) is 4.02. The molecule has 0 radical (unpaired) electrons. The molecule has 0 spiro atoms. The minimum absolute atomic E-state index is 0.236. The molecule has 128 valence electrons. The molecule has 3 atom stereocenters. The summed E-state index contributed by atoms with van der Waals surface area (Å²) in [5.74, 6) is -1.51. The van der Waals surface area contributed by atoms with Crippen molar-refractivity contribution in [3.8, 4) is 6.07 Å². The van der Waals surface area contributed by atoms with Gasteiger partial charge in [-0.05, 0) is 40.1 Å². The highest BCUT2D eigenvalue weighted by Gasteiger charge is 2.37. The van der Waals surface area contributed by atoms with E-state index in [4.69, 9.17) is 5.11 Å². The number of rotatable bonds is 5. The van der Waals surface area contributed by atoms with Gasteiger partial charge in [0.2, 0.25) is 5.91 Å². The summed E-state index contributed by atoms with van der Waals surface area (Å²) < 4.78 is 0. The Bertz CT molecular complexity index is 817. The van der Waals surface area contributed by atoms with Crippen molar-refractivity contribution < 1.29 is 14.7 Å². The molecule has 6 nitrogen and oxygen atoms in total. The second-order valence-corrected chi connectivity index (χ2v) is 7.39. The van der Waals surface area contributed by atoms with Crippen LogP contribution in [0.5, 0.6) is 0 Å². The Morgan fingerprint density at radius 2 is 2.24 bits per heavy atom. The molecule has 2 heterocycles. The van der Waals surface area contributed by atoms with Crippen molar-refractivity contribution in [1.29, 1.82) is 5.26 Å². The van der Waals surface area contributed by atoms with Gasteiger partial charge < -0.3 is 10.4 Å². The standard InChI is InChI=1S/C17H15N3O3S2/c18-7-13-14(12-4-5-24-9-12)19-17(20-15(13)21)25-8-10-2-1-3-11(6-10)16(22)23/h1-6,9,13-14,17,19H,8H2,(H,20,21)(H,22,23). The number of aromatic carboxylic acids is 1. The predicted molar refractivity (Wildman–Crippen MR) is 95.9 cm³/mol. The normalized spacial score (nSPS) is 22.8. The summed E-state index contributed by atoms with van der Waals surface area (Å²) in [7, 11) is 0. The average molecular weight is 373 g/mol. The minimum Gasteiger partial charge on any atom is -0.478 e. The van der Waals surface area contributed by atoms with E-state index in [9.17, 15) is 14.9 Å². The van der Waals surface area contributed by atoms with E-state index in [-0.39, 0.29) is 23.0 Å². The van der Waals surface area contributed by atoms with Crippen molar-refractivity contribution in [2.75, 3.05) is 0 Å². The lowest BCUT2D eigenvalue weighted by Crippen LogP contribution is -2.55.